The fraction of sp³-hybridized carbons (Fsp3) is 0.273. The molecule has 0 saturated carbocycles. The Bertz CT molecular complexity index is 520. The highest BCUT2D eigenvalue weighted by Gasteiger charge is 2.35. The van der Waals surface area contributed by atoms with Crippen LogP contribution < -0.4 is 0 Å². The zero-order valence-corrected chi connectivity index (χ0v) is 10.7. The SMILES string of the molecule is COC(=O)Cc1ccc(C(F)(F)F)c(C#N)c1Br. The van der Waals surface area contributed by atoms with Crippen LogP contribution in [0.5, 0.6) is 0 Å². The van der Waals surface area contributed by atoms with Gasteiger partial charge in [0.1, 0.15) is 6.07 Å². The minimum Gasteiger partial charge on any atom is -0.469 e. The van der Waals surface area contributed by atoms with E-state index >= 15 is 0 Å². The van der Waals surface area contributed by atoms with Gasteiger partial charge in [-0.1, -0.05) is 6.07 Å². The lowest BCUT2D eigenvalue weighted by molar-refractivity contribution is -0.139. The quantitative estimate of drug-likeness (QED) is 0.787. The summed E-state index contributed by atoms with van der Waals surface area (Å²) in [6, 6.07) is 3.41. The van der Waals surface area contributed by atoms with Crippen LogP contribution in [0.3, 0.4) is 0 Å². The zero-order valence-electron chi connectivity index (χ0n) is 9.14. The van der Waals surface area contributed by atoms with Gasteiger partial charge in [0.2, 0.25) is 0 Å². The van der Waals surface area contributed by atoms with Gasteiger partial charge in [0.25, 0.3) is 0 Å². The van der Waals surface area contributed by atoms with Crippen LogP contribution in [-0.4, -0.2) is 13.1 Å². The third-order valence-electron chi connectivity index (χ3n) is 2.20. The van der Waals surface area contributed by atoms with Crippen LogP contribution in [-0.2, 0) is 22.1 Å². The lowest BCUT2D eigenvalue weighted by Gasteiger charge is -2.12. The smallest absolute Gasteiger partial charge is 0.417 e. The fourth-order valence-electron chi connectivity index (χ4n) is 1.33. The molecule has 0 saturated heterocycles. The van der Waals surface area contributed by atoms with Crippen molar-refractivity contribution in [2.24, 2.45) is 0 Å². The second-order valence-corrected chi connectivity index (χ2v) is 4.12. The first-order chi connectivity index (χ1) is 8.31. The van der Waals surface area contributed by atoms with E-state index in [1.165, 1.54) is 13.2 Å². The van der Waals surface area contributed by atoms with Crippen molar-refractivity contribution >= 4 is 21.9 Å². The Hall–Kier alpha value is -1.55. The number of carbonyl (C=O) groups is 1. The summed E-state index contributed by atoms with van der Waals surface area (Å²) in [7, 11) is 1.17. The third-order valence-corrected chi connectivity index (χ3v) is 3.11. The predicted octanol–water partition coefficient (Wildman–Crippen LogP) is 3.06. The van der Waals surface area contributed by atoms with Crippen molar-refractivity contribution in [3.05, 3.63) is 33.3 Å². The molecule has 1 aromatic rings. The highest BCUT2D eigenvalue weighted by Crippen LogP contribution is 2.36. The van der Waals surface area contributed by atoms with Gasteiger partial charge in [-0.15, -0.1) is 0 Å². The van der Waals surface area contributed by atoms with Crippen molar-refractivity contribution in [2.45, 2.75) is 12.6 Å². The van der Waals surface area contributed by atoms with Crippen molar-refractivity contribution in [1.82, 2.24) is 0 Å². The van der Waals surface area contributed by atoms with Crippen molar-refractivity contribution in [3.8, 4) is 6.07 Å². The van der Waals surface area contributed by atoms with Gasteiger partial charge < -0.3 is 4.74 Å². The highest BCUT2D eigenvalue weighted by molar-refractivity contribution is 9.10. The van der Waals surface area contributed by atoms with Crippen LogP contribution in [0.1, 0.15) is 16.7 Å². The minimum atomic E-state index is -4.61. The molecule has 0 radical (unpaired) electrons. The molecule has 18 heavy (non-hydrogen) atoms. The standard InChI is InChI=1S/C11H7BrF3NO2/c1-18-9(17)4-6-2-3-8(11(13,14)15)7(5-16)10(6)12/h2-3H,4H2,1H3. The Labute approximate surface area is 109 Å². The van der Waals surface area contributed by atoms with Gasteiger partial charge in [-0.2, -0.15) is 18.4 Å². The van der Waals surface area contributed by atoms with Crippen molar-refractivity contribution in [3.63, 3.8) is 0 Å². The van der Waals surface area contributed by atoms with Crippen molar-refractivity contribution in [2.75, 3.05) is 7.11 Å². The first-order valence-electron chi connectivity index (χ1n) is 4.66. The second kappa shape index (κ2) is 5.40. The van der Waals surface area contributed by atoms with Gasteiger partial charge in [0.05, 0.1) is 24.7 Å². The number of halogens is 4. The Morgan fingerprint density at radius 3 is 2.56 bits per heavy atom. The van der Waals surface area contributed by atoms with E-state index in [9.17, 15) is 18.0 Å². The fourth-order valence-corrected chi connectivity index (χ4v) is 1.90. The van der Waals surface area contributed by atoms with E-state index in [1.54, 1.807) is 0 Å². The topological polar surface area (TPSA) is 50.1 Å². The molecule has 0 aromatic heterocycles. The van der Waals surface area contributed by atoms with Crippen LogP contribution in [0.25, 0.3) is 0 Å². The highest BCUT2D eigenvalue weighted by atomic mass is 79.9. The Morgan fingerprint density at radius 1 is 1.50 bits per heavy atom. The number of alkyl halides is 3. The summed E-state index contributed by atoms with van der Waals surface area (Å²) in [5, 5.41) is 8.78. The van der Waals surface area contributed by atoms with Gasteiger partial charge in [0, 0.05) is 4.47 Å². The number of ether oxygens (including phenoxy) is 1. The summed E-state index contributed by atoms with van der Waals surface area (Å²) in [5.41, 5.74) is -1.30. The predicted molar refractivity (Wildman–Crippen MR) is 59.6 cm³/mol. The number of hydrogen-bond donors (Lipinski definition) is 0. The van der Waals surface area contributed by atoms with Gasteiger partial charge in [0.15, 0.2) is 0 Å². The summed E-state index contributed by atoms with van der Waals surface area (Å²) in [5.74, 6) is -0.598. The molecule has 7 heteroatoms. The first kappa shape index (κ1) is 14.5. The molecule has 0 N–H and O–H groups in total. The maximum atomic E-state index is 12.6. The molecule has 0 spiro atoms. The molecule has 0 heterocycles. The van der Waals surface area contributed by atoms with Gasteiger partial charge in [-0.3, -0.25) is 4.79 Å². The van der Waals surface area contributed by atoms with Crippen LogP contribution in [0.2, 0.25) is 0 Å². The van der Waals surface area contributed by atoms with Crippen LogP contribution in [0.15, 0.2) is 16.6 Å². The Kier molecular flexibility index (Phi) is 4.35. The monoisotopic (exact) mass is 321 g/mol. The molecule has 1 aromatic carbocycles. The summed E-state index contributed by atoms with van der Waals surface area (Å²) in [4.78, 5) is 11.1. The number of hydrogen-bond acceptors (Lipinski definition) is 3. The van der Waals surface area contributed by atoms with Gasteiger partial charge >= 0.3 is 12.1 Å². The Morgan fingerprint density at radius 2 is 2.11 bits per heavy atom. The lowest BCUT2D eigenvalue weighted by Crippen LogP contribution is -2.11. The second-order valence-electron chi connectivity index (χ2n) is 3.32. The largest absolute Gasteiger partial charge is 0.469 e. The van der Waals surface area contributed by atoms with Crippen LogP contribution >= 0.6 is 15.9 Å². The third kappa shape index (κ3) is 3.01. The van der Waals surface area contributed by atoms with E-state index < -0.39 is 23.3 Å². The molecule has 1 rings (SSSR count). The van der Waals surface area contributed by atoms with Crippen molar-refractivity contribution < 1.29 is 22.7 Å². The molecule has 0 aliphatic rings. The Balaban J connectivity index is 3.30. The van der Waals surface area contributed by atoms with E-state index in [2.05, 4.69) is 20.7 Å². The molecule has 0 aliphatic carbocycles. The summed E-state index contributed by atoms with van der Waals surface area (Å²) in [6.07, 6.45) is -4.82. The van der Waals surface area contributed by atoms with E-state index in [-0.39, 0.29) is 16.5 Å². The van der Waals surface area contributed by atoms with E-state index in [0.717, 1.165) is 12.1 Å². The van der Waals surface area contributed by atoms with Gasteiger partial charge in [-0.25, -0.2) is 0 Å². The number of rotatable bonds is 2. The van der Waals surface area contributed by atoms with E-state index in [4.69, 9.17) is 5.26 Å². The molecule has 0 bridgehead atoms. The van der Waals surface area contributed by atoms with Crippen molar-refractivity contribution in [1.29, 1.82) is 5.26 Å². The number of esters is 1. The van der Waals surface area contributed by atoms with E-state index in [1.807, 2.05) is 0 Å². The molecular weight excluding hydrogens is 315 g/mol. The molecule has 96 valence electrons. The zero-order chi connectivity index (χ0) is 13.9. The summed E-state index contributed by atoms with van der Waals surface area (Å²) >= 11 is 2.91. The molecule has 0 atom stereocenters. The number of nitrogens with zero attached hydrogens (tertiary/aromatic N) is 1. The molecule has 0 fully saturated rings. The average Bonchev–Trinajstić information content (AvgIpc) is 2.29. The lowest BCUT2D eigenvalue weighted by atomic mass is 10.0. The molecule has 0 unspecified atom stereocenters. The number of carbonyl (C=O) groups excluding carboxylic acids is 1. The number of methoxy groups -OCH3 is 1. The summed E-state index contributed by atoms with van der Waals surface area (Å²) < 4.78 is 42.2. The number of nitriles is 1. The summed E-state index contributed by atoms with van der Waals surface area (Å²) in [6.45, 7) is 0. The molecule has 0 amide bonds. The molecular formula is C11H7BrF3NO2. The van der Waals surface area contributed by atoms with Gasteiger partial charge in [-0.05, 0) is 27.6 Å². The first-order valence-corrected chi connectivity index (χ1v) is 5.46. The average molecular weight is 322 g/mol. The maximum absolute atomic E-state index is 12.6. The minimum absolute atomic E-state index is 0.0368. The van der Waals surface area contributed by atoms with Crippen LogP contribution in [0.4, 0.5) is 13.2 Å². The number of benzene rings is 1. The maximum Gasteiger partial charge on any atom is 0.417 e. The molecule has 0 aliphatic heterocycles. The van der Waals surface area contributed by atoms with E-state index in [0.29, 0.717) is 0 Å². The van der Waals surface area contributed by atoms with Crippen LogP contribution in [0, 0.1) is 11.3 Å². The molecule has 3 nitrogen and oxygen atoms in total. The normalized spacial score (nSPS) is 10.9.